The lowest BCUT2D eigenvalue weighted by atomic mass is 9.96. The maximum Gasteiger partial charge on any atom is 0.341 e. The number of hydrogen-bond donors (Lipinski definition) is 1. The van der Waals surface area contributed by atoms with Gasteiger partial charge in [-0.05, 0) is 50.1 Å². The van der Waals surface area contributed by atoms with Gasteiger partial charge in [0.15, 0.2) is 11.5 Å². The second-order valence-electron chi connectivity index (χ2n) is 8.75. The van der Waals surface area contributed by atoms with Gasteiger partial charge < -0.3 is 24.5 Å². The Morgan fingerprint density at radius 1 is 1.03 bits per heavy atom. The van der Waals surface area contributed by atoms with Crippen LogP contribution in [0.25, 0.3) is 22.7 Å². The summed E-state index contributed by atoms with van der Waals surface area (Å²) in [4.78, 5) is 13.2. The van der Waals surface area contributed by atoms with Gasteiger partial charge in [-0.15, -0.1) is 0 Å². The lowest BCUT2D eigenvalue weighted by Crippen LogP contribution is -2.29. The second-order valence-corrected chi connectivity index (χ2v) is 8.75. The lowest BCUT2D eigenvalue weighted by Gasteiger charge is -2.26. The molecule has 0 unspecified atom stereocenters. The summed E-state index contributed by atoms with van der Waals surface area (Å²) in [6.45, 7) is 6.01. The van der Waals surface area contributed by atoms with Crippen LogP contribution in [0.5, 0.6) is 11.5 Å². The van der Waals surface area contributed by atoms with Crippen LogP contribution in [-0.4, -0.2) is 30.4 Å². The Labute approximate surface area is 187 Å². The van der Waals surface area contributed by atoms with E-state index in [0.717, 1.165) is 27.7 Å². The number of carbonyl (C=O) groups excluding carboxylic acids is 1. The topological polar surface area (TPSA) is 75.7 Å². The van der Waals surface area contributed by atoms with Gasteiger partial charge in [-0.1, -0.05) is 30.3 Å². The Kier molecular flexibility index (Phi) is 5.46. The van der Waals surface area contributed by atoms with Crippen molar-refractivity contribution in [3.8, 4) is 11.5 Å². The molecule has 0 spiro atoms. The van der Waals surface area contributed by atoms with E-state index in [1.54, 1.807) is 14.2 Å². The SMILES string of the molecule is COc1cc2cc3n(c2cc1OC)C/C(=C\c1ccccc1)C(C(=O)OC(C)(C)C)=C3N. The molecule has 0 radical (unpaired) electrons. The molecule has 1 aliphatic rings. The fraction of sp³-hybridized carbons (Fsp3) is 0.269. The first kappa shape index (κ1) is 21.6. The molecule has 1 aromatic heterocycles. The largest absolute Gasteiger partial charge is 0.493 e. The monoisotopic (exact) mass is 432 g/mol. The molecule has 1 aliphatic heterocycles. The van der Waals surface area contributed by atoms with Crippen LogP contribution >= 0.6 is 0 Å². The Morgan fingerprint density at radius 2 is 1.69 bits per heavy atom. The van der Waals surface area contributed by atoms with Crippen molar-refractivity contribution in [3.05, 3.63) is 70.9 Å². The van der Waals surface area contributed by atoms with Crippen LogP contribution in [0.4, 0.5) is 0 Å². The Balaban J connectivity index is 1.94. The molecule has 6 nitrogen and oxygen atoms in total. The molecular weight excluding hydrogens is 404 g/mol. The molecule has 0 amide bonds. The molecule has 0 fully saturated rings. The number of carbonyl (C=O) groups is 1. The van der Waals surface area contributed by atoms with E-state index in [0.29, 0.717) is 29.3 Å². The smallest absolute Gasteiger partial charge is 0.341 e. The zero-order valence-electron chi connectivity index (χ0n) is 19.1. The van der Waals surface area contributed by atoms with E-state index >= 15 is 0 Å². The van der Waals surface area contributed by atoms with Gasteiger partial charge in [0.25, 0.3) is 0 Å². The fourth-order valence-corrected chi connectivity index (χ4v) is 3.97. The van der Waals surface area contributed by atoms with Gasteiger partial charge in [0, 0.05) is 18.0 Å². The summed E-state index contributed by atoms with van der Waals surface area (Å²) < 4.78 is 18.8. The summed E-state index contributed by atoms with van der Waals surface area (Å²) in [5, 5.41) is 0.949. The average Bonchev–Trinajstić information content (AvgIpc) is 3.10. The van der Waals surface area contributed by atoms with Crippen molar-refractivity contribution in [1.29, 1.82) is 0 Å². The number of nitrogens with two attached hydrogens (primary N) is 1. The molecule has 0 saturated heterocycles. The van der Waals surface area contributed by atoms with E-state index in [1.807, 2.05) is 75.4 Å². The normalized spacial score (nSPS) is 15.1. The molecule has 0 bridgehead atoms. The maximum absolute atomic E-state index is 13.2. The van der Waals surface area contributed by atoms with Crippen LogP contribution in [0.1, 0.15) is 32.0 Å². The van der Waals surface area contributed by atoms with Crippen LogP contribution in [0, 0.1) is 0 Å². The molecule has 2 heterocycles. The van der Waals surface area contributed by atoms with E-state index in [1.165, 1.54) is 0 Å². The second kappa shape index (κ2) is 8.11. The van der Waals surface area contributed by atoms with E-state index < -0.39 is 11.6 Å². The molecule has 2 N–H and O–H groups in total. The van der Waals surface area contributed by atoms with Crippen molar-refractivity contribution in [2.45, 2.75) is 32.9 Å². The van der Waals surface area contributed by atoms with Crippen molar-refractivity contribution >= 4 is 28.6 Å². The zero-order valence-corrected chi connectivity index (χ0v) is 19.1. The van der Waals surface area contributed by atoms with E-state index in [4.69, 9.17) is 19.9 Å². The molecule has 0 saturated carbocycles. The quantitative estimate of drug-likeness (QED) is 0.601. The minimum absolute atomic E-state index is 0.391. The van der Waals surface area contributed by atoms with Gasteiger partial charge >= 0.3 is 5.97 Å². The first-order valence-corrected chi connectivity index (χ1v) is 10.5. The standard InChI is InChI=1S/C26H28N2O4/c1-26(2,3)32-25(29)23-18(11-16-9-7-6-8-10-16)15-28-19-14-22(31-5)21(30-4)13-17(19)12-20(28)24(23)27/h6-14H,15,27H2,1-5H3/b18-11+. The fourth-order valence-electron chi connectivity index (χ4n) is 3.97. The third kappa shape index (κ3) is 3.96. The number of fused-ring (bicyclic) bond motifs is 3. The summed E-state index contributed by atoms with van der Waals surface area (Å²) in [6, 6.07) is 15.7. The van der Waals surface area contributed by atoms with Crippen LogP contribution in [0.15, 0.2) is 59.7 Å². The maximum atomic E-state index is 13.2. The highest BCUT2D eigenvalue weighted by molar-refractivity contribution is 6.05. The number of methoxy groups -OCH3 is 2. The van der Waals surface area contributed by atoms with Crippen LogP contribution in [-0.2, 0) is 16.1 Å². The summed E-state index contributed by atoms with van der Waals surface area (Å²) in [7, 11) is 3.22. The van der Waals surface area contributed by atoms with Gasteiger partial charge in [0.2, 0.25) is 0 Å². The van der Waals surface area contributed by atoms with Gasteiger partial charge in [0.05, 0.1) is 36.7 Å². The number of hydrogen-bond acceptors (Lipinski definition) is 5. The summed E-state index contributed by atoms with van der Waals surface area (Å²) in [5.41, 5.74) is 10.3. The zero-order chi connectivity index (χ0) is 23.0. The minimum atomic E-state index is -0.632. The van der Waals surface area contributed by atoms with Crippen LogP contribution in [0.2, 0.25) is 0 Å². The molecule has 2 aromatic carbocycles. The van der Waals surface area contributed by atoms with Crippen molar-refractivity contribution < 1.29 is 19.0 Å². The van der Waals surface area contributed by atoms with E-state index in [9.17, 15) is 4.79 Å². The Hall–Kier alpha value is -3.67. The predicted octanol–water partition coefficient (Wildman–Crippen LogP) is 4.77. The van der Waals surface area contributed by atoms with Crippen molar-refractivity contribution in [3.63, 3.8) is 0 Å². The number of benzene rings is 2. The van der Waals surface area contributed by atoms with Gasteiger partial charge in [-0.25, -0.2) is 4.79 Å². The molecule has 166 valence electrons. The van der Waals surface area contributed by atoms with Crippen LogP contribution < -0.4 is 15.2 Å². The molecule has 4 rings (SSSR count). The summed E-state index contributed by atoms with van der Waals surface area (Å²) in [5.74, 6) is 0.844. The third-order valence-electron chi connectivity index (χ3n) is 5.35. The van der Waals surface area contributed by atoms with Crippen molar-refractivity contribution in [1.82, 2.24) is 4.57 Å². The number of aromatic nitrogens is 1. The average molecular weight is 433 g/mol. The summed E-state index contributed by atoms with van der Waals surface area (Å²) >= 11 is 0. The Bertz CT molecular complexity index is 1240. The van der Waals surface area contributed by atoms with Crippen LogP contribution in [0.3, 0.4) is 0 Å². The molecular formula is C26H28N2O4. The number of nitrogens with zero attached hydrogens (tertiary/aromatic N) is 1. The first-order chi connectivity index (χ1) is 15.2. The number of ether oxygens (including phenoxy) is 3. The molecule has 0 aliphatic carbocycles. The molecule has 32 heavy (non-hydrogen) atoms. The number of esters is 1. The lowest BCUT2D eigenvalue weighted by molar-refractivity contribution is -0.149. The van der Waals surface area contributed by atoms with E-state index in [2.05, 4.69) is 4.57 Å². The molecule has 6 heteroatoms. The minimum Gasteiger partial charge on any atom is -0.493 e. The molecule has 0 atom stereocenters. The van der Waals surface area contributed by atoms with Gasteiger partial charge in [-0.3, -0.25) is 0 Å². The number of rotatable bonds is 4. The highest BCUT2D eigenvalue weighted by Gasteiger charge is 2.31. The van der Waals surface area contributed by atoms with Gasteiger partial charge in [-0.2, -0.15) is 0 Å². The van der Waals surface area contributed by atoms with E-state index in [-0.39, 0.29) is 0 Å². The third-order valence-corrected chi connectivity index (χ3v) is 5.35. The Morgan fingerprint density at radius 3 is 2.31 bits per heavy atom. The van der Waals surface area contributed by atoms with Gasteiger partial charge in [0.1, 0.15) is 5.60 Å². The molecule has 3 aromatic rings. The summed E-state index contributed by atoms with van der Waals surface area (Å²) in [6.07, 6.45) is 1.99. The predicted molar refractivity (Wildman–Crippen MR) is 126 cm³/mol. The highest BCUT2D eigenvalue weighted by Crippen LogP contribution is 2.39. The highest BCUT2D eigenvalue weighted by atomic mass is 16.6. The first-order valence-electron chi connectivity index (χ1n) is 10.5. The van der Waals surface area contributed by atoms with Crippen molar-refractivity contribution in [2.24, 2.45) is 5.73 Å². The van der Waals surface area contributed by atoms with Crippen molar-refractivity contribution in [2.75, 3.05) is 14.2 Å².